The molecule has 7 heteroatoms. The number of halogens is 3. The van der Waals surface area contributed by atoms with Gasteiger partial charge in [0.2, 0.25) is 5.91 Å². The van der Waals surface area contributed by atoms with Crippen LogP contribution in [0.15, 0.2) is 0 Å². The van der Waals surface area contributed by atoms with Gasteiger partial charge in [0.1, 0.15) is 0 Å². The molecule has 19 heavy (non-hydrogen) atoms. The first-order chi connectivity index (χ1) is 8.94. The third-order valence-corrected chi connectivity index (χ3v) is 2.98. The van der Waals surface area contributed by atoms with Gasteiger partial charge in [0, 0.05) is 19.7 Å². The average Bonchev–Trinajstić information content (AvgIpc) is 2.38. The zero-order valence-electron chi connectivity index (χ0n) is 10.6. The minimum Gasteiger partial charge on any atom is -0.381 e. The van der Waals surface area contributed by atoms with Crippen LogP contribution in [0.5, 0.6) is 0 Å². The van der Waals surface area contributed by atoms with Gasteiger partial charge in [0.05, 0.1) is 31.4 Å². The summed E-state index contributed by atoms with van der Waals surface area (Å²) >= 11 is 0. The standard InChI is InChI=1S/C12H17F3N2O2/c13-12(14,15)4-7-17(6-2-5-16)11(18)10-3-1-8-19-9-10/h10H,1-4,6-9H2/t10-/m1/s1. The summed E-state index contributed by atoms with van der Waals surface area (Å²) in [5, 5.41) is 8.50. The lowest BCUT2D eigenvalue weighted by Gasteiger charge is -2.29. The molecule has 0 unspecified atom stereocenters. The van der Waals surface area contributed by atoms with Crippen LogP contribution >= 0.6 is 0 Å². The van der Waals surface area contributed by atoms with Crippen LogP contribution < -0.4 is 0 Å². The van der Waals surface area contributed by atoms with Crippen molar-refractivity contribution >= 4 is 5.91 Å². The molecule has 0 aromatic carbocycles. The van der Waals surface area contributed by atoms with E-state index in [0.717, 1.165) is 11.3 Å². The van der Waals surface area contributed by atoms with Gasteiger partial charge in [-0.05, 0) is 12.8 Å². The Morgan fingerprint density at radius 2 is 2.16 bits per heavy atom. The van der Waals surface area contributed by atoms with Gasteiger partial charge in [-0.1, -0.05) is 0 Å². The van der Waals surface area contributed by atoms with Crippen molar-refractivity contribution in [1.82, 2.24) is 4.90 Å². The van der Waals surface area contributed by atoms with Gasteiger partial charge in [0.15, 0.2) is 0 Å². The fourth-order valence-electron chi connectivity index (χ4n) is 1.97. The van der Waals surface area contributed by atoms with Crippen molar-refractivity contribution in [3.05, 3.63) is 0 Å². The number of carbonyl (C=O) groups is 1. The summed E-state index contributed by atoms with van der Waals surface area (Å²) in [5.41, 5.74) is 0. The van der Waals surface area contributed by atoms with Crippen LogP contribution in [-0.4, -0.2) is 43.3 Å². The molecule has 4 nitrogen and oxygen atoms in total. The largest absolute Gasteiger partial charge is 0.390 e. The van der Waals surface area contributed by atoms with Gasteiger partial charge in [-0.3, -0.25) is 4.79 Å². The molecule has 0 saturated carbocycles. The Hall–Kier alpha value is -1.29. The van der Waals surface area contributed by atoms with Crippen molar-refractivity contribution in [2.45, 2.75) is 31.9 Å². The van der Waals surface area contributed by atoms with Crippen LogP contribution in [0.3, 0.4) is 0 Å². The van der Waals surface area contributed by atoms with E-state index in [2.05, 4.69) is 0 Å². The maximum Gasteiger partial charge on any atom is 0.390 e. The molecule has 1 aliphatic rings. The van der Waals surface area contributed by atoms with Crippen molar-refractivity contribution in [2.75, 3.05) is 26.3 Å². The Morgan fingerprint density at radius 3 is 2.68 bits per heavy atom. The lowest BCUT2D eigenvalue weighted by atomic mass is 10.0. The number of amides is 1. The highest BCUT2D eigenvalue weighted by Crippen LogP contribution is 2.22. The molecule has 1 aliphatic heterocycles. The number of hydrogen-bond acceptors (Lipinski definition) is 3. The lowest BCUT2D eigenvalue weighted by molar-refractivity contribution is -0.149. The topological polar surface area (TPSA) is 53.3 Å². The number of carbonyl (C=O) groups excluding carboxylic acids is 1. The summed E-state index contributed by atoms with van der Waals surface area (Å²) in [6.45, 7) is 0.501. The molecule has 0 bridgehead atoms. The molecule has 0 spiro atoms. The number of nitrogens with zero attached hydrogens (tertiary/aromatic N) is 2. The predicted molar refractivity (Wildman–Crippen MR) is 61.0 cm³/mol. The minimum absolute atomic E-state index is 0.0389. The van der Waals surface area contributed by atoms with Crippen LogP contribution in [0.2, 0.25) is 0 Å². The van der Waals surface area contributed by atoms with Crippen LogP contribution in [-0.2, 0) is 9.53 Å². The Morgan fingerprint density at radius 1 is 1.42 bits per heavy atom. The molecule has 0 aromatic rings. The molecule has 1 amide bonds. The van der Waals surface area contributed by atoms with E-state index in [4.69, 9.17) is 10.00 Å². The third kappa shape index (κ3) is 5.92. The Labute approximate surface area is 110 Å². The van der Waals surface area contributed by atoms with Crippen LogP contribution in [0.4, 0.5) is 13.2 Å². The van der Waals surface area contributed by atoms with Crippen molar-refractivity contribution in [3.8, 4) is 6.07 Å². The Balaban J connectivity index is 2.56. The summed E-state index contributed by atoms with van der Waals surface area (Å²) < 4.78 is 41.8. The van der Waals surface area contributed by atoms with E-state index >= 15 is 0 Å². The summed E-state index contributed by atoms with van der Waals surface area (Å²) in [7, 11) is 0. The van der Waals surface area contributed by atoms with Crippen LogP contribution in [0.1, 0.15) is 25.7 Å². The second-order valence-electron chi connectivity index (χ2n) is 4.51. The van der Waals surface area contributed by atoms with Gasteiger partial charge < -0.3 is 9.64 Å². The fraction of sp³-hybridized carbons (Fsp3) is 0.833. The van der Waals surface area contributed by atoms with E-state index in [9.17, 15) is 18.0 Å². The normalized spacial score (nSPS) is 19.8. The van der Waals surface area contributed by atoms with Crippen molar-refractivity contribution in [1.29, 1.82) is 5.26 Å². The zero-order valence-corrected chi connectivity index (χ0v) is 10.6. The summed E-state index contributed by atoms with van der Waals surface area (Å²) in [5.74, 6) is -0.708. The molecular weight excluding hydrogens is 261 g/mol. The molecule has 0 N–H and O–H groups in total. The maximum atomic E-state index is 12.2. The quantitative estimate of drug-likeness (QED) is 0.774. The molecule has 108 valence electrons. The van der Waals surface area contributed by atoms with Crippen molar-refractivity contribution in [3.63, 3.8) is 0 Å². The second kappa shape index (κ2) is 7.34. The van der Waals surface area contributed by atoms with Crippen molar-refractivity contribution in [2.24, 2.45) is 5.92 Å². The smallest absolute Gasteiger partial charge is 0.381 e. The predicted octanol–water partition coefficient (Wildman–Crippen LogP) is 2.11. The highest BCUT2D eigenvalue weighted by molar-refractivity contribution is 5.79. The summed E-state index contributed by atoms with van der Waals surface area (Å²) in [6.07, 6.45) is -3.93. The van der Waals surface area contributed by atoms with E-state index in [1.54, 1.807) is 0 Å². The molecule has 1 saturated heterocycles. The highest BCUT2D eigenvalue weighted by Gasteiger charge is 2.31. The average molecular weight is 278 g/mol. The fourth-order valence-corrected chi connectivity index (χ4v) is 1.97. The molecule has 1 fully saturated rings. The SMILES string of the molecule is N#CCCN(CCC(F)(F)F)C(=O)[C@@H]1CCCOC1. The maximum absolute atomic E-state index is 12.2. The molecule has 1 atom stereocenters. The summed E-state index contributed by atoms with van der Waals surface area (Å²) in [4.78, 5) is 13.2. The van der Waals surface area contributed by atoms with Gasteiger partial charge in [-0.15, -0.1) is 0 Å². The van der Waals surface area contributed by atoms with Gasteiger partial charge >= 0.3 is 6.18 Å². The number of hydrogen-bond donors (Lipinski definition) is 0. The highest BCUT2D eigenvalue weighted by atomic mass is 19.4. The van der Waals surface area contributed by atoms with Gasteiger partial charge in [-0.25, -0.2) is 0 Å². The van der Waals surface area contributed by atoms with E-state index in [0.29, 0.717) is 13.0 Å². The minimum atomic E-state index is -4.30. The van der Waals surface area contributed by atoms with E-state index in [1.165, 1.54) is 0 Å². The Bertz CT molecular complexity index is 333. The molecule has 1 rings (SSSR count). The van der Waals surface area contributed by atoms with Crippen LogP contribution in [0.25, 0.3) is 0 Å². The second-order valence-corrected chi connectivity index (χ2v) is 4.51. The van der Waals surface area contributed by atoms with Gasteiger partial charge in [-0.2, -0.15) is 18.4 Å². The monoisotopic (exact) mass is 278 g/mol. The van der Waals surface area contributed by atoms with E-state index < -0.39 is 12.6 Å². The molecule has 1 heterocycles. The molecule has 0 radical (unpaired) electrons. The number of rotatable bonds is 5. The first-order valence-corrected chi connectivity index (χ1v) is 6.24. The number of ether oxygens (including phenoxy) is 1. The zero-order chi connectivity index (χ0) is 14.3. The van der Waals surface area contributed by atoms with E-state index in [1.807, 2.05) is 6.07 Å². The molecule has 0 aromatic heterocycles. The number of nitriles is 1. The molecule has 0 aliphatic carbocycles. The first-order valence-electron chi connectivity index (χ1n) is 6.24. The third-order valence-electron chi connectivity index (χ3n) is 2.98. The summed E-state index contributed by atoms with van der Waals surface area (Å²) in [6, 6.07) is 1.85. The molecular formula is C12H17F3N2O2. The van der Waals surface area contributed by atoms with E-state index in [-0.39, 0.29) is 37.9 Å². The van der Waals surface area contributed by atoms with Gasteiger partial charge in [0.25, 0.3) is 0 Å². The first kappa shape index (κ1) is 15.8. The lowest BCUT2D eigenvalue weighted by Crippen LogP contribution is -2.41. The number of alkyl halides is 3. The van der Waals surface area contributed by atoms with Crippen molar-refractivity contribution < 1.29 is 22.7 Å². The van der Waals surface area contributed by atoms with Crippen LogP contribution in [0, 0.1) is 17.2 Å². The Kier molecular flexibility index (Phi) is 6.09.